The van der Waals surface area contributed by atoms with Gasteiger partial charge < -0.3 is 15.0 Å². The Kier molecular flexibility index (Phi) is 11.7. The van der Waals surface area contributed by atoms with Crippen LogP contribution in [0.4, 0.5) is 5.69 Å². The van der Waals surface area contributed by atoms with Gasteiger partial charge in [-0.05, 0) is 88.1 Å². The summed E-state index contributed by atoms with van der Waals surface area (Å²) in [6.07, 6.45) is 5.30. The molecule has 1 aliphatic heterocycles. The second kappa shape index (κ2) is 15.6. The van der Waals surface area contributed by atoms with E-state index in [-0.39, 0.29) is 24.2 Å². The van der Waals surface area contributed by atoms with Gasteiger partial charge in [0, 0.05) is 42.2 Å². The summed E-state index contributed by atoms with van der Waals surface area (Å²) in [6, 6.07) is 23.4. The summed E-state index contributed by atoms with van der Waals surface area (Å²) in [5.41, 5.74) is 10.8. The van der Waals surface area contributed by atoms with Crippen molar-refractivity contribution in [2.45, 2.75) is 52.7 Å². The van der Waals surface area contributed by atoms with E-state index in [0.29, 0.717) is 0 Å². The molecule has 0 aliphatic carbocycles. The molecule has 0 saturated carbocycles. The minimum absolute atomic E-state index is 0.0758. The molecule has 7 aromatic rings. The normalized spacial score (nSPS) is 14.4. The van der Waals surface area contributed by atoms with E-state index in [4.69, 9.17) is 15.0 Å². The molecule has 0 amide bonds. The number of anilines is 1. The zero-order valence-electron chi connectivity index (χ0n) is 28.5. The number of nitrogens with two attached hydrogens (primary N) is 1. The summed E-state index contributed by atoms with van der Waals surface area (Å²) in [7, 11) is -0.337. The summed E-state index contributed by atoms with van der Waals surface area (Å²) in [6.45, 7) is 11.7. The SMILES string of the molecule is Brc1cccc2[nH]ncc12.CC(=O)n1ncc2c(Br)cccc21.CC1(C)OB(c2cccc3[nH]ncc23)OC1(C)C.Cc1c(N)cccc1Br. The number of carbonyl (C=O) groups excluding carboxylic acids is 1. The maximum atomic E-state index is 11.1. The number of aromatic nitrogens is 6. The molecule has 3 aromatic heterocycles. The van der Waals surface area contributed by atoms with Crippen LogP contribution in [0.15, 0.2) is 105 Å². The van der Waals surface area contributed by atoms with Crippen LogP contribution in [0.1, 0.15) is 45.0 Å². The van der Waals surface area contributed by atoms with E-state index < -0.39 is 0 Å². The first-order valence-corrected chi connectivity index (χ1v) is 18.1. The van der Waals surface area contributed by atoms with E-state index in [9.17, 15) is 4.79 Å². The lowest BCUT2D eigenvalue weighted by Crippen LogP contribution is -2.41. The lowest BCUT2D eigenvalue weighted by Gasteiger charge is -2.32. The van der Waals surface area contributed by atoms with Crippen LogP contribution in [0.5, 0.6) is 0 Å². The fourth-order valence-corrected chi connectivity index (χ4v) is 6.30. The molecule has 0 bridgehead atoms. The lowest BCUT2D eigenvalue weighted by molar-refractivity contribution is 0.00578. The minimum atomic E-state index is -0.337. The third-order valence-electron chi connectivity index (χ3n) is 8.63. The number of nitrogens with one attached hydrogen (secondary N) is 2. The van der Waals surface area contributed by atoms with E-state index in [1.165, 1.54) is 11.6 Å². The van der Waals surface area contributed by atoms with Crippen LogP contribution in [0.2, 0.25) is 0 Å². The van der Waals surface area contributed by atoms with Crippen LogP contribution < -0.4 is 11.2 Å². The van der Waals surface area contributed by atoms with E-state index in [0.717, 1.165) is 62.8 Å². The van der Waals surface area contributed by atoms with Gasteiger partial charge in [0.15, 0.2) is 0 Å². The summed E-state index contributed by atoms with van der Waals surface area (Å²) in [5.74, 6) is -0.0758. The average Bonchev–Trinajstić information content (AvgIpc) is 3.87. The van der Waals surface area contributed by atoms with Crippen molar-refractivity contribution in [3.05, 3.63) is 110 Å². The van der Waals surface area contributed by atoms with Crippen molar-refractivity contribution in [2.24, 2.45) is 0 Å². The molecule has 1 fully saturated rings. The number of H-pyrrole nitrogens is 2. The van der Waals surface area contributed by atoms with Crippen molar-refractivity contribution in [2.75, 3.05) is 5.73 Å². The molecular weight excluding hydrogens is 829 g/mol. The number of nitrogens with zero attached hydrogens (tertiary/aromatic N) is 4. The highest BCUT2D eigenvalue weighted by molar-refractivity contribution is 9.11. The van der Waals surface area contributed by atoms with Crippen LogP contribution >= 0.6 is 47.8 Å². The van der Waals surface area contributed by atoms with Gasteiger partial charge in [-0.1, -0.05) is 78.1 Å². The first kappa shape index (κ1) is 37.4. The van der Waals surface area contributed by atoms with Crippen LogP contribution in [0, 0.1) is 6.92 Å². The van der Waals surface area contributed by atoms with E-state index >= 15 is 0 Å². The lowest BCUT2D eigenvalue weighted by atomic mass is 9.77. The molecule has 4 N–H and O–H groups in total. The molecule has 0 unspecified atom stereocenters. The van der Waals surface area contributed by atoms with Crippen molar-refractivity contribution in [3.63, 3.8) is 0 Å². The zero-order valence-corrected chi connectivity index (χ0v) is 33.2. The van der Waals surface area contributed by atoms with Crippen molar-refractivity contribution in [1.29, 1.82) is 0 Å². The van der Waals surface area contributed by atoms with Crippen molar-refractivity contribution in [1.82, 2.24) is 30.2 Å². The molecule has 1 saturated heterocycles. The predicted octanol–water partition coefficient (Wildman–Crippen LogP) is 8.99. The van der Waals surface area contributed by atoms with Gasteiger partial charge in [-0.25, -0.2) is 4.68 Å². The third kappa shape index (κ3) is 8.21. The smallest absolute Gasteiger partial charge is 0.399 e. The summed E-state index contributed by atoms with van der Waals surface area (Å²) in [5, 5.41) is 20.9. The third-order valence-corrected chi connectivity index (χ3v) is 10.9. The van der Waals surface area contributed by atoms with Gasteiger partial charge in [0.05, 0.1) is 46.3 Å². The average molecular weight is 866 g/mol. The molecule has 4 heterocycles. The highest BCUT2D eigenvalue weighted by Crippen LogP contribution is 2.37. The Morgan fingerprint density at radius 3 is 1.84 bits per heavy atom. The fourth-order valence-electron chi connectivity index (χ4n) is 4.99. The van der Waals surface area contributed by atoms with E-state index in [1.54, 1.807) is 12.4 Å². The second-order valence-electron chi connectivity index (χ2n) is 12.5. The Labute approximate surface area is 316 Å². The Morgan fingerprint density at radius 2 is 1.26 bits per heavy atom. The topological polar surface area (TPSA) is 137 Å². The monoisotopic (exact) mass is 863 g/mol. The molecule has 0 atom stereocenters. The summed E-state index contributed by atoms with van der Waals surface area (Å²) >= 11 is 10.2. The maximum Gasteiger partial charge on any atom is 0.495 e. The first-order valence-electron chi connectivity index (χ1n) is 15.7. The molecule has 0 radical (unpaired) electrons. The van der Waals surface area contributed by atoms with Gasteiger partial charge in [-0.3, -0.25) is 15.0 Å². The second-order valence-corrected chi connectivity index (χ2v) is 15.1. The number of fused-ring (bicyclic) bond motifs is 3. The van der Waals surface area contributed by atoms with Gasteiger partial charge >= 0.3 is 7.12 Å². The number of aromatic amines is 2. The maximum absolute atomic E-state index is 11.1. The molecule has 4 aromatic carbocycles. The van der Waals surface area contributed by atoms with Crippen molar-refractivity contribution >= 4 is 105 Å². The molecule has 10 nitrogen and oxygen atoms in total. The largest absolute Gasteiger partial charge is 0.495 e. The quantitative estimate of drug-likeness (QED) is 0.111. The number of hydrogen-bond donors (Lipinski definition) is 3. The minimum Gasteiger partial charge on any atom is -0.399 e. The Balaban J connectivity index is 0.000000135. The van der Waals surface area contributed by atoms with Crippen LogP contribution in [0.25, 0.3) is 32.7 Å². The molecular formula is C36H37BBr3N7O3. The highest BCUT2D eigenvalue weighted by Gasteiger charge is 2.52. The number of benzene rings is 4. The predicted molar refractivity (Wildman–Crippen MR) is 213 cm³/mol. The Morgan fingerprint density at radius 1 is 0.740 bits per heavy atom. The highest BCUT2D eigenvalue weighted by atomic mass is 79.9. The van der Waals surface area contributed by atoms with Crippen molar-refractivity contribution < 1.29 is 14.1 Å². The molecule has 8 rings (SSSR count). The van der Waals surface area contributed by atoms with Gasteiger partial charge in [0.25, 0.3) is 0 Å². The van der Waals surface area contributed by atoms with Crippen LogP contribution in [-0.2, 0) is 9.31 Å². The molecule has 258 valence electrons. The fraction of sp³-hybridized carbons (Fsp3) is 0.222. The van der Waals surface area contributed by atoms with Crippen LogP contribution in [0.3, 0.4) is 0 Å². The zero-order chi connectivity index (χ0) is 36.2. The van der Waals surface area contributed by atoms with E-state index in [1.807, 2.05) is 85.9 Å². The molecule has 0 spiro atoms. The van der Waals surface area contributed by atoms with Gasteiger partial charge in [0.1, 0.15) is 0 Å². The summed E-state index contributed by atoms with van der Waals surface area (Å²) < 4.78 is 16.6. The summed E-state index contributed by atoms with van der Waals surface area (Å²) in [4.78, 5) is 11.1. The number of hydrogen-bond acceptors (Lipinski definition) is 7. The van der Waals surface area contributed by atoms with Crippen LogP contribution in [-0.4, -0.2) is 54.4 Å². The first-order chi connectivity index (χ1) is 23.7. The van der Waals surface area contributed by atoms with E-state index in [2.05, 4.69) is 101 Å². The Bertz CT molecular complexity index is 2230. The standard InChI is InChI=1S/C13H17BN2O2.C9H7BrN2O.C7H5BrN2.C7H8BrN/c1-12(2)13(3,4)18-14(17-12)10-6-5-7-11-9(10)8-15-16-11;1-6(13)12-9-4-2-3-8(10)7(9)5-11-12;8-6-2-1-3-7-5(6)4-9-10-7;1-5-6(8)3-2-4-7(5)9/h5-8H,1-4H3,(H,15,16);2-5H,1H3;1-4H,(H,9,10);2-4H,9H2,1H3. The molecule has 1 aliphatic rings. The molecule has 14 heteroatoms. The number of nitrogen functional groups attached to an aromatic ring is 1. The molecule has 50 heavy (non-hydrogen) atoms. The van der Waals surface area contributed by atoms with Gasteiger partial charge in [-0.2, -0.15) is 15.3 Å². The van der Waals surface area contributed by atoms with Crippen molar-refractivity contribution in [3.8, 4) is 0 Å². The number of carbonyl (C=O) groups is 1. The number of halogens is 3. The van der Waals surface area contributed by atoms with Gasteiger partial charge in [-0.15, -0.1) is 0 Å². The van der Waals surface area contributed by atoms with Gasteiger partial charge in [0.2, 0.25) is 5.91 Å². The Hall–Kier alpha value is -3.82. The number of rotatable bonds is 1.